The first-order valence-electron chi connectivity index (χ1n) is 5.54. The largest absolute Gasteiger partial charge is 0.492 e. The SMILES string of the molecule is O=C1OCC[C@@H]1NCCOc1ccc(I)cc1. The minimum atomic E-state index is -0.157. The second kappa shape index (κ2) is 6.20. The van der Waals surface area contributed by atoms with Crippen molar-refractivity contribution < 1.29 is 14.3 Å². The molecular weight excluding hydrogens is 333 g/mol. The van der Waals surface area contributed by atoms with Crippen molar-refractivity contribution in [2.45, 2.75) is 12.5 Å². The smallest absolute Gasteiger partial charge is 0.323 e. The molecule has 1 aliphatic heterocycles. The quantitative estimate of drug-likeness (QED) is 0.499. The second-order valence-electron chi connectivity index (χ2n) is 3.77. The Labute approximate surface area is 114 Å². The Morgan fingerprint density at radius 2 is 2.18 bits per heavy atom. The number of hydrogen-bond donors (Lipinski definition) is 1. The summed E-state index contributed by atoms with van der Waals surface area (Å²) in [4.78, 5) is 11.1. The van der Waals surface area contributed by atoms with Gasteiger partial charge in [-0.05, 0) is 46.9 Å². The minimum Gasteiger partial charge on any atom is -0.492 e. The van der Waals surface area contributed by atoms with Crippen LogP contribution < -0.4 is 10.1 Å². The van der Waals surface area contributed by atoms with Crippen LogP contribution in [0.15, 0.2) is 24.3 Å². The van der Waals surface area contributed by atoms with Gasteiger partial charge in [-0.3, -0.25) is 4.79 Å². The Morgan fingerprint density at radius 3 is 2.82 bits per heavy atom. The maximum absolute atomic E-state index is 11.1. The van der Waals surface area contributed by atoms with E-state index in [1.165, 1.54) is 3.57 Å². The second-order valence-corrected chi connectivity index (χ2v) is 5.01. The van der Waals surface area contributed by atoms with Crippen molar-refractivity contribution in [2.24, 2.45) is 0 Å². The molecule has 0 bridgehead atoms. The molecule has 0 saturated carbocycles. The predicted octanol–water partition coefficient (Wildman–Crippen LogP) is 1.58. The van der Waals surface area contributed by atoms with E-state index in [1.807, 2.05) is 24.3 Å². The van der Waals surface area contributed by atoms with E-state index in [0.29, 0.717) is 19.8 Å². The minimum absolute atomic E-state index is 0.153. The monoisotopic (exact) mass is 347 g/mol. The van der Waals surface area contributed by atoms with E-state index in [2.05, 4.69) is 27.9 Å². The van der Waals surface area contributed by atoms with Crippen LogP contribution in [-0.2, 0) is 9.53 Å². The van der Waals surface area contributed by atoms with Crippen molar-refractivity contribution in [2.75, 3.05) is 19.8 Å². The van der Waals surface area contributed by atoms with Crippen molar-refractivity contribution >= 4 is 28.6 Å². The zero-order valence-corrected chi connectivity index (χ0v) is 11.5. The first-order valence-corrected chi connectivity index (χ1v) is 6.62. The third-order valence-electron chi connectivity index (χ3n) is 2.51. The molecule has 1 aromatic carbocycles. The molecule has 1 aliphatic rings. The number of nitrogens with one attached hydrogen (secondary N) is 1. The molecule has 1 atom stereocenters. The van der Waals surface area contributed by atoms with Gasteiger partial charge in [0.05, 0.1) is 6.61 Å². The Bertz CT molecular complexity index is 380. The van der Waals surface area contributed by atoms with Gasteiger partial charge in [0.15, 0.2) is 0 Å². The normalized spacial score (nSPS) is 19.1. The molecule has 1 aromatic rings. The van der Waals surface area contributed by atoms with E-state index in [4.69, 9.17) is 9.47 Å². The number of carbonyl (C=O) groups excluding carboxylic acids is 1. The van der Waals surface area contributed by atoms with E-state index in [-0.39, 0.29) is 12.0 Å². The highest BCUT2D eigenvalue weighted by Gasteiger charge is 2.25. The Kier molecular flexibility index (Phi) is 4.61. The third kappa shape index (κ3) is 3.85. The van der Waals surface area contributed by atoms with Crippen LogP contribution in [0.1, 0.15) is 6.42 Å². The molecule has 0 radical (unpaired) electrons. The molecule has 0 aromatic heterocycles. The van der Waals surface area contributed by atoms with Crippen LogP contribution in [-0.4, -0.2) is 31.8 Å². The maximum atomic E-state index is 11.1. The predicted molar refractivity (Wildman–Crippen MR) is 72.0 cm³/mol. The lowest BCUT2D eigenvalue weighted by Crippen LogP contribution is -2.35. The maximum Gasteiger partial charge on any atom is 0.323 e. The highest BCUT2D eigenvalue weighted by atomic mass is 127. The fraction of sp³-hybridized carbons (Fsp3) is 0.417. The average Bonchev–Trinajstić information content (AvgIpc) is 2.73. The van der Waals surface area contributed by atoms with Crippen molar-refractivity contribution in [1.82, 2.24) is 5.32 Å². The third-order valence-corrected chi connectivity index (χ3v) is 3.23. The molecule has 1 saturated heterocycles. The summed E-state index contributed by atoms with van der Waals surface area (Å²) in [7, 11) is 0. The summed E-state index contributed by atoms with van der Waals surface area (Å²) < 4.78 is 11.6. The molecule has 0 spiro atoms. The van der Waals surface area contributed by atoms with E-state index in [1.54, 1.807) is 0 Å². The summed E-state index contributed by atoms with van der Waals surface area (Å²) in [6.45, 7) is 1.71. The number of carbonyl (C=O) groups is 1. The number of benzene rings is 1. The van der Waals surface area contributed by atoms with Gasteiger partial charge in [-0.15, -0.1) is 0 Å². The topological polar surface area (TPSA) is 47.6 Å². The Morgan fingerprint density at radius 1 is 1.41 bits per heavy atom. The molecule has 92 valence electrons. The van der Waals surface area contributed by atoms with E-state index in [0.717, 1.165) is 12.2 Å². The molecule has 5 heteroatoms. The van der Waals surface area contributed by atoms with Gasteiger partial charge < -0.3 is 14.8 Å². The fourth-order valence-electron chi connectivity index (χ4n) is 1.61. The van der Waals surface area contributed by atoms with Crippen LogP contribution in [0, 0.1) is 3.57 Å². The van der Waals surface area contributed by atoms with Gasteiger partial charge in [-0.1, -0.05) is 0 Å². The summed E-state index contributed by atoms with van der Waals surface area (Å²) in [6.07, 6.45) is 0.752. The van der Waals surface area contributed by atoms with Gasteiger partial charge in [0.2, 0.25) is 0 Å². The van der Waals surface area contributed by atoms with Crippen LogP contribution in [0.3, 0.4) is 0 Å². The first kappa shape index (κ1) is 12.6. The van der Waals surface area contributed by atoms with E-state index < -0.39 is 0 Å². The molecule has 1 fully saturated rings. The zero-order chi connectivity index (χ0) is 12.1. The molecule has 0 unspecified atom stereocenters. The van der Waals surface area contributed by atoms with Crippen molar-refractivity contribution in [3.63, 3.8) is 0 Å². The van der Waals surface area contributed by atoms with Gasteiger partial charge in [0, 0.05) is 16.5 Å². The lowest BCUT2D eigenvalue weighted by molar-refractivity contribution is -0.139. The molecule has 0 aliphatic carbocycles. The van der Waals surface area contributed by atoms with E-state index >= 15 is 0 Å². The number of hydrogen-bond acceptors (Lipinski definition) is 4. The van der Waals surface area contributed by atoms with Crippen molar-refractivity contribution in [3.05, 3.63) is 27.8 Å². The Hall–Kier alpha value is -0.820. The summed E-state index contributed by atoms with van der Waals surface area (Å²) >= 11 is 2.25. The average molecular weight is 347 g/mol. The summed E-state index contributed by atoms with van der Waals surface area (Å²) in [6, 6.07) is 7.71. The van der Waals surface area contributed by atoms with Gasteiger partial charge in [-0.25, -0.2) is 0 Å². The number of rotatable bonds is 5. The van der Waals surface area contributed by atoms with Crippen LogP contribution in [0.5, 0.6) is 5.75 Å². The van der Waals surface area contributed by atoms with Crippen LogP contribution in [0.25, 0.3) is 0 Å². The van der Waals surface area contributed by atoms with Gasteiger partial charge >= 0.3 is 5.97 Å². The lowest BCUT2D eigenvalue weighted by Gasteiger charge is -2.09. The molecule has 4 nitrogen and oxygen atoms in total. The number of ether oxygens (including phenoxy) is 2. The highest BCUT2D eigenvalue weighted by molar-refractivity contribution is 14.1. The first-order chi connectivity index (χ1) is 8.25. The lowest BCUT2D eigenvalue weighted by atomic mass is 10.2. The molecular formula is C12H14INO3. The van der Waals surface area contributed by atoms with Crippen molar-refractivity contribution in [1.29, 1.82) is 0 Å². The summed E-state index contributed by atoms with van der Waals surface area (Å²) in [5, 5.41) is 3.11. The van der Waals surface area contributed by atoms with Crippen LogP contribution in [0.2, 0.25) is 0 Å². The van der Waals surface area contributed by atoms with Crippen LogP contribution in [0.4, 0.5) is 0 Å². The highest BCUT2D eigenvalue weighted by Crippen LogP contribution is 2.13. The molecule has 1 heterocycles. The molecule has 2 rings (SSSR count). The van der Waals surface area contributed by atoms with Gasteiger partial charge in [0.25, 0.3) is 0 Å². The fourth-order valence-corrected chi connectivity index (χ4v) is 1.97. The Balaban J connectivity index is 1.66. The summed E-state index contributed by atoms with van der Waals surface area (Å²) in [5.41, 5.74) is 0. The van der Waals surface area contributed by atoms with E-state index in [9.17, 15) is 4.79 Å². The number of esters is 1. The molecule has 1 N–H and O–H groups in total. The summed E-state index contributed by atoms with van der Waals surface area (Å²) in [5.74, 6) is 0.695. The van der Waals surface area contributed by atoms with Crippen molar-refractivity contribution in [3.8, 4) is 5.75 Å². The standard InChI is InChI=1S/C12H14INO3/c13-9-1-3-10(4-2-9)16-8-6-14-11-5-7-17-12(11)15/h1-4,11,14H,5-8H2/t11-/m0/s1. The van der Waals surface area contributed by atoms with Crippen LogP contribution >= 0.6 is 22.6 Å². The zero-order valence-electron chi connectivity index (χ0n) is 9.32. The molecule has 0 amide bonds. The van der Waals surface area contributed by atoms with Gasteiger partial charge in [0.1, 0.15) is 18.4 Å². The van der Waals surface area contributed by atoms with Gasteiger partial charge in [-0.2, -0.15) is 0 Å². The number of halogens is 1. The number of cyclic esters (lactones) is 1. The molecule has 17 heavy (non-hydrogen) atoms.